The Morgan fingerprint density at radius 2 is 1.83 bits per heavy atom. The van der Waals surface area contributed by atoms with Crippen LogP contribution in [0.25, 0.3) is 0 Å². The predicted octanol–water partition coefficient (Wildman–Crippen LogP) is 3.84. The standard InChI is InChI=1S/C31H43F3N8O4Si/c1-47(2,3)16-15-45-22-42-29(43)28(31(32,33)34)26(19-37-42)41-9-4-5-24(41)21-46-25-8-10-40(20-25)30(44)39-13-11-38(12-14-39)27-7-6-23(17-35)18-36-27/h6-7,18-19,24-25H,4-5,8-16,20-22H2,1-3H3/t24-,25?/m0/s1. The highest BCUT2D eigenvalue weighted by Crippen LogP contribution is 2.37. The molecule has 2 atom stereocenters. The number of carbonyl (C=O) groups is 1. The fourth-order valence-corrected chi connectivity index (χ4v) is 6.92. The summed E-state index contributed by atoms with van der Waals surface area (Å²) in [5.74, 6) is 0.771. The van der Waals surface area contributed by atoms with Crippen molar-refractivity contribution in [3.05, 3.63) is 46.0 Å². The molecule has 12 nitrogen and oxygen atoms in total. The number of piperazine rings is 1. The first kappa shape index (κ1) is 34.6. The van der Waals surface area contributed by atoms with Crippen molar-refractivity contribution in [3.63, 3.8) is 0 Å². The smallest absolute Gasteiger partial charge is 0.374 e. The number of amides is 2. The molecule has 256 valence electrons. The number of rotatable bonds is 10. The van der Waals surface area contributed by atoms with Gasteiger partial charge in [0.2, 0.25) is 0 Å². The van der Waals surface area contributed by atoms with Crippen LogP contribution in [0.3, 0.4) is 0 Å². The van der Waals surface area contributed by atoms with E-state index in [2.05, 4.69) is 40.7 Å². The molecule has 0 spiro atoms. The van der Waals surface area contributed by atoms with Crippen molar-refractivity contribution in [2.24, 2.45) is 0 Å². The van der Waals surface area contributed by atoms with Crippen LogP contribution in [0.1, 0.15) is 30.4 Å². The van der Waals surface area contributed by atoms with Crippen LogP contribution in [0.5, 0.6) is 0 Å². The van der Waals surface area contributed by atoms with Gasteiger partial charge in [-0.15, -0.1) is 0 Å². The maximum Gasteiger partial charge on any atom is 0.423 e. The number of carbonyl (C=O) groups excluding carboxylic acids is 1. The Kier molecular flexibility index (Phi) is 10.8. The molecule has 1 unspecified atom stereocenters. The van der Waals surface area contributed by atoms with E-state index < -0.39 is 25.4 Å². The lowest BCUT2D eigenvalue weighted by Crippen LogP contribution is -2.52. The fourth-order valence-electron chi connectivity index (χ4n) is 6.16. The summed E-state index contributed by atoms with van der Waals surface area (Å²) in [6.45, 7) is 10.3. The molecule has 0 radical (unpaired) electrons. The molecule has 0 bridgehead atoms. The van der Waals surface area contributed by atoms with Gasteiger partial charge in [0.15, 0.2) is 0 Å². The summed E-state index contributed by atoms with van der Waals surface area (Å²) in [5.41, 5.74) is -2.18. The molecular formula is C31H43F3N8O4Si. The Labute approximate surface area is 273 Å². The maximum absolute atomic E-state index is 14.3. The van der Waals surface area contributed by atoms with Crippen molar-refractivity contribution in [3.8, 4) is 6.07 Å². The highest BCUT2D eigenvalue weighted by Gasteiger charge is 2.42. The predicted molar refractivity (Wildman–Crippen MR) is 172 cm³/mol. The molecule has 0 N–H and O–H groups in total. The first-order valence-corrected chi connectivity index (χ1v) is 19.8. The molecule has 5 heterocycles. The first-order valence-electron chi connectivity index (χ1n) is 16.1. The zero-order valence-electron chi connectivity index (χ0n) is 27.2. The second-order valence-corrected chi connectivity index (χ2v) is 19.1. The van der Waals surface area contributed by atoms with Crippen LogP contribution in [-0.4, -0.2) is 110 Å². The summed E-state index contributed by atoms with van der Waals surface area (Å²) in [6, 6.07) is 6.01. The van der Waals surface area contributed by atoms with Crippen LogP contribution < -0.4 is 15.4 Å². The summed E-state index contributed by atoms with van der Waals surface area (Å²) in [5, 5.41) is 13.0. The molecular weight excluding hydrogens is 633 g/mol. The van der Waals surface area contributed by atoms with Crippen LogP contribution in [0.2, 0.25) is 25.7 Å². The number of anilines is 2. The summed E-state index contributed by atoms with van der Waals surface area (Å²) in [6.07, 6.45) is -0.515. The highest BCUT2D eigenvalue weighted by molar-refractivity contribution is 6.76. The van der Waals surface area contributed by atoms with E-state index in [1.165, 1.54) is 6.20 Å². The van der Waals surface area contributed by atoms with Crippen LogP contribution in [-0.2, 0) is 22.4 Å². The number of hydrogen-bond donors (Lipinski definition) is 0. The summed E-state index contributed by atoms with van der Waals surface area (Å²) < 4.78 is 55.2. The summed E-state index contributed by atoms with van der Waals surface area (Å²) in [7, 11) is -1.40. The quantitative estimate of drug-likeness (QED) is 0.273. The Hall–Kier alpha value is -3.68. The van der Waals surface area contributed by atoms with Crippen LogP contribution >= 0.6 is 0 Å². The van der Waals surface area contributed by atoms with Crippen molar-refractivity contribution >= 4 is 25.6 Å². The van der Waals surface area contributed by atoms with Crippen LogP contribution in [0.15, 0.2) is 29.3 Å². The third-order valence-electron chi connectivity index (χ3n) is 8.89. The second kappa shape index (κ2) is 14.6. The number of likely N-dealkylation sites (tertiary alicyclic amines) is 1. The number of aromatic nitrogens is 3. The van der Waals surface area contributed by atoms with Crippen LogP contribution in [0.4, 0.5) is 29.5 Å². The van der Waals surface area contributed by atoms with Gasteiger partial charge >= 0.3 is 12.2 Å². The highest BCUT2D eigenvalue weighted by atomic mass is 28.3. The molecule has 3 aliphatic heterocycles. The first-order chi connectivity index (χ1) is 22.3. The number of ether oxygens (including phenoxy) is 2. The van der Waals surface area contributed by atoms with E-state index in [9.17, 15) is 22.8 Å². The third kappa shape index (κ3) is 8.62. The maximum atomic E-state index is 14.3. The van der Waals surface area contributed by atoms with Gasteiger partial charge in [-0.1, -0.05) is 19.6 Å². The number of alkyl halides is 3. The average molecular weight is 677 g/mol. The monoisotopic (exact) mass is 676 g/mol. The summed E-state index contributed by atoms with van der Waals surface area (Å²) in [4.78, 5) is 37.8. The van der Waals surface area contributed by atoms with E-state index in [-0.39, 0.29) is 37.2 Å². The third-order valence-corrected chi connectivity index (χ3v) is 10.6. The number of nitrogens with zero attached hydrogens (tertiary/aromatic N) is 8. The molecule has 3 saturated heterocycles. The van der Waals surface area contributed by atoms with Crippen molar-refractivity contribution in [2.75, 3.05) is 68.8 Å². The van der Waals surface area contributed by atoms with Crippen molar-refractivity contribution in [2.45, 2.75) is 70.0 Å². The summed E-state index contributed by atoms with van der Waals surface area (Å²) >= 11 is 0. The SMILES string of the molecule is C[Si](C)(C)CCOCn1ncc(N2CCC[C@H]2COC2CCN(C(=O)N3CCN(c4ccc(C#N)cn4)CC3)C2)c(C(F)(F)F)c1=O. The van der Waals surface area contributed by atoms with E-state index in [0.717, 1.165) is 22.7 Å². The molecule has 47 heavy (non-hydrogen) atoms. The largest absolute Gasteiger partial charge is 0.423 e. The number of urea groups is 1. The van der Waals surface area contributed by atoms with Crippen molar-refractivity contribution in [1.29, 1.82) is 5.26 Å². The van der Waals surface area contributed by atoms with Gasteiger partial charge in [-0.2, -0.15) is 23.5 Å². The number of pyridine rings is 1. The van der Waals surface area contributed by atoms with Crippen molar-refractivity contribution in [1.82, 2.24) is 24.6 Å². The zero-order chi connectivity index (χ0) is 33.8. The lowest BCUT2D eigenvalue weighted by molar-refractivity contribution is -0.138. The van der Waals surface area contributed by atoms with E-state index in [4.69, 9.17) is 14.7 Å². The molecule has 0 saturated carbocycles. The lowest BCUT2D eigenvalue weighted by atomic mass is 10.2. The van der Waals surface area contributed by atoms with E-state index >= 15 is 0 Å². The van der Waals surface area contributed by atoms with Crippen LogP contribution in [0, 0.1) is 11.3 Å². The number of hydrogen-bond acceptors (Lipinski definition) is 9. The molecule has 3 aliphatic rings. The molecule has 2 amide bonds. The molecule has 16 heteroatoms. The Morgan fingerprint density at radius 3 is 2.49 bits per heavy atom. The van der Waals surface area contributed by atoms with Gasteiger partial charge in [0.25, 0.3) is 5.56 Å². The Morgan fingerprint density at radius 1 is 1.06 bits per heavy atom. The van der Waals surface area contributed by atoms with Gasteiger partial charge in [-0.25, -0.2) is 14.5 Å². The van der Waals surface area contributed by atoms with E-state index in [1.54, 1.807) is 15.9 Å². The average Bonchev–Trinajstić information content (AvgIpc) is 3.71. The van der Waals surface area contributed by atoms with E-state index in [1.807, 2.05) is 11.0 Å². The van der Waals surface area contributed by atoms with Gasteiger partial charge in [0.1, 0.15) is 24.2 Å². The van der Waals surface area contributed by atoms with Crippen molar-refractivity contribution < 1.29 is 27.4 Å². The lowest BCUT2D eigenvalue weighted by Gasteiger charge is -2.37. The Bertz CT molecular complexity index is 1490. The van der Waals surface area contributed by atoms with E-state index in [0.29, 0.717) is 77.2 Å². The van der Waals surface area contributed by atoms with Gasteiger partial charge in [-0.05, 0) is 37.4 Å². The molecule has 3 fully saturated rings. The Balaban J connectivity index is 1.14. The number of halogens is 3. The molecule has 5 rings (SSSR count). The topological polar surface area (TPSA) is 120 Å². The van der Waals surface area contributed by atoms with Gasteiger partial charge in [0, 0.05) is 66.7 Å². The zero-order valence-corrected chi connectivity index (χ0v) is 28.2. The minimum absolute atomic E-state index is 0.0584. The minimum atomic E-state index is -4.86. The fraction of sp³-hybridized carbons (Fsp3) is 0.645. The molecule has 2 aromatic heterocycles. The van der Waals surface area contributed by atoms with Gasteiger partial charge < -0.3 is 29.1 Å². The molecule has 0 aliphatic carbocycles. The van der Waals surface area contributed by atoms with Gasteiger partial charge in [0.05, 0.1) is 36.2 Å². The minimum Gasteiger partial charge on any atom is -0.374 e. The molecule has 2 aromatic rings. The van der Waals surface area contributed by atoms with Gasteiger partial charge in [-0.3, -0.25) is 4.79 Å². The molecule has 0 aromatic carbocycles. The number of nitriles is 1. The second-order valence-electron chi connectivity index (χ2n) is 13.5. The normalized spacial score (nSPS) is 20.6.